The van der Waals surface area contributed by atoms with Gasteiger partial charge in [0.15, 0.2) is 5.78 Å². The van der Waals surface area contributed by atoms with Gasteiger partial charge < -0.3 is 0 Å². The number of Topliss-reactive ketones (excluding diaryl/α,β-unsaturated/α-hetero) is 2. The predicted molar refractivity (Wildman–Crippen MR) is 57.7 cm³/mol. The highest BCUT2D eigenvalue weighted by Gasteiger charge is 2.54. The Morgan fingerprint density at radius 1 is 1.20 bits per heavy atom. The highest BCUT2D eigenvalue weighted by molar-refractivity contribution is 6.16. The number of rotatable bonds is 4. The largest absolute Gasteiger partial charge is 0.299 e. The normalized spacial score (nSPS) is 17.1. The molecule has 1 aliphatic rings. The lowest BCUT2D eigenvalue weighted by atomic mass is 9.89. The van der Waals surface area contributed by atoms with Gasteiger partial charge >= 0.3 is 0 Å². The number of carbonyl (C=O) groups is 2. The van der Waals surface area contributed by atoms with Crippen LogP contribution in [-0.4, -0.2) is 11.6 Å². The molecule has 78 valence electrons. The van der Waals surface area contributed by atoms with Gasteiger partial charge in [-0.05, 0) is 12.8 Å². The van der Waals surface area contributed by atoms with Gasteiger partial charge in [-0.1, -0.05) is 37.3 Å². The van der Waals surface area contributed by atoms with Crippen molar-refractivity contribution in [3.63, 3.8) is 0 Å². The zero-order valence-corrected chi connectivity index (χ0v) is 8.82. The van der Waals surface area contributed by atoms with E-state index in [1.165, 1.54) is 0 Å². The van der Waals surface area contributed by atoms with Crippen LogP contribution in [0.15, 0.2) is 30.3 Å². The average Bonchev–Trinajstić information content (AvgIpc) is 3.09. The minimum absolute atomic E-state index is 0.00921. The average molecular weight is 202 g/mol. The topological polar surface area (TPSA) is 34.1 Å². The minimum atomic E-state index is -0.657. The molecule has 1 aliphatic carbocycles. The van der Waals surface area contributed by atoms with Gasteiger partial charge in [-0.3, -0.25) is 9.59 Å². The molecule has 15 heavy (non-hydrogen) atoms. The lowest BCUT2D eigenvalue weighted by molar-refractivity contribution is -0.122. The van der Waals surface area contributed by atoms with Crippen molar-refractivity contribution in [1.82, 2.24) is 0 Å². The Bertz CT molecular complexity index is 388. The van der Waals surface area contributed by atoms with Crippen molar-refractivity contribution in [2.75, 3.05) is 0 Å². The van der Waals surface area contributed by atoms with Crippen LogP contribution in [0.4, 0.5) is 0 Å². The molecule has 0 aliphatic heterocycles. The second-order valence-corrected chi connectivity index (χ2v) is 4.05. The van der Waals surface area contributed by atoms with E-state index in [0.717, 1.165) is 12.8 Å². The Morgan fingerprint density at radius 2 is 1.80 bits per heavy atom. The highest BCUT2D eigenvalue weighted by atomic mass is 16.2. The Morgan fingerprint density at radius 3 is 2.27 bits per heavy atom. The molecule has 0 spiro atoms. The number of hydrogen-bond acceptors (Lipinski definition) is 2. The van der Waals surface area contributed by atoms with E-state index < -0.39 is 5.41 Å². The first-order valence-electron chi connectivity index (χ1n) is 5.34. The molecule has 0 saturated heterocycles. The Kier molecular flexibility index (Phi) is 2.43. The van der Waals surface area contributed by atoms with Gasteiger partial charge in [0.1, 0.15) is 5.78 Å². The van der Waals surface area contributed by atoms with Crippen LogP contribution in [-0.2, 0) is 4.79 Å². The van der Waals surface area contributed by atoms with Crippen molar-refractivity contribution >= 4 is 11.6 Å². The zero-order valence-electron chi connectivity index (χ0n) is 8.82. The summed E-state index contributed by atoms with van der Waals surface area (Å²) in [6.07, 6.45) is 1.92. The van der Waals surface area contributed by atoms with Crippen LogP contribution < -0.4 is 0 Å². The molecule has 2 nitrogen and oxygen atoms in total. The van der Waals surface area contributed by atoms with Gasteiger partial charge in [-0.15, -0.1) is 0 Å². The molecule has 1 fully saturated rings. The fourth-order valence-corrected chi connectivity index (χ4v) is 1.96. The first-order valence-corrected chi connectivity index (χ1v) is 5.34. The number of hydrogen-bond donors (Lipinski definition) is 0. The molecule has 0 bridgehead atoms. The summed E-state index contributed by atoms with van der Waals surface area (Å²) in [5.41, 5.74) is 0.00706. The minimum Gasteiger partial charge on any atom is -0.299 e. The van der Waals surface area contributed by atoms with Crippen molar-refractivity contribution in [3.05, 3.63) is 35.9 Å². The van der Waals surface area contributed by atoms with Crippen LogP contribution in [0.3, 0.4) is 0 Å². The van der Waals surface area contributed by atoms with E-state index in [2.05, 4.69) is 0 Å². The van der Waals surface area contributed by atoms with Crippen molar-refractivity contribution in [2.24, 2.45) is 5.41 Å². The van der Waals surface area contributed by atoms with Gasteiger partial charge in [-0.2, -0.15) is 0 Å². The van der Waals surface area contributed by atoms with E-state index in [1.807, 2.05) is 25.1 Å². The Hall–Kier alpha value is -1.44. The van der Waals surface area contributed by atoms with E-state index in [1.54, 1.807) is 12.1 Å². The fourth-order valence-electron chi connectivity index (χ4n) is 1.96. The second kappa shape index (κ2) is 3.61. The third-order valence-electron chi connectivity index (χ3n) is 3.08. The number of benzene rings is 1. The fraction of sp³-hybridized carbons (Fsp3) is 0.385. The van der Waals surface area contributed by atoms with E-state index in [-0.39, 0.29) is 11.6 Å². The van der Waals surface area contributed by atoms with E-state index in [0.29, 0.717) is 12.0 Å². The summed E-state index contributed by atoms with van der Waals surface area (Å²) in [5.74, 6) is 0.103. The molecular weight excluding hydrogens is 188 g/mol. The molecule has 0 unspecified atom stereocenters. The monoisotopic (exact) mass is 202 g/mol. The first-order chi connectivity index (χ1) is 7.20. The lowest BCUT2D eigenvalue weighted by Crippen LogP contribution is -2.25. The molecule has 0 radical (unpaired) electrons. The smallest absolute Gasteiger partial charge is 0.176 e. The lowest BCUT2D eigenvalue weighted by Gasteiger charge is -2.11. The van der Waals surface area contributed by atoms with Crippen LogP contribution in [0.25, 0.3) is 0 Å². The molecule has 1 aromatic rings. The van der Waals surface area contributed by atoms with E-state index in [9.17, 15) is 9.59 Å². The third-order valence-corrected chi connectivity index (χ3v) is 3.08. The molecule has 1 saturated carbocycles. The highest BCUT2D eigenvalue weighted by Crippen LogP contribution is 2.49. The number of ketones is 2. The molecule has 0 amide bonds. The van der Waals surface area contributed by atoms with Crippen LogP contribution in [0.2, 0.25) is 0 Å². The molecule has 2 heteroatoms. The number of carbonyl (C=O) groups excluding carboxylic acids is 2. The van der Waals surface area contributed by atoms with Crippen LogP contribution in [0, 0.1) is 5.41 Å². The first kappa shape index (κ1) is 10.1. The molecule has 0 aromatic heterocycles. The second-order valence-electron chi connectivity index (χ2n) is 4.05. The maximum Gasteiger partial charge on any atom is 0.176 e. The molecule has 1 aromatic carbocycles. The maximum absolute atomic E-state index is 12.1. The van der Waals surface area contributed by atoms with Crippen LogP contribution in [0.5, 0.6) is 0 Å². The maximum atomic E-state index is 12.1. The predicted octanol–water partition coefficient (Wildman–Crippen LogP) is 2.63. The summed E-state index contributed by atoms with van der Waals surface area (Å²) in [7, 11) is 0. The summed E-state index contributed by atoms with van der Waals surface area (Å²) in [6.45, 7) is 1.82. The van der Waals surface area contributed by atoms with Gasteiger partial charge in [0, 0.05) is 12.0 Å². The van der Waals surface area contributed by atoms with Crippen LogP contribution in [0.1, 0.15) is 36.5 Å². The molecule has 0 heterocycles. The summed E-state index contributed by atoms with van der Waals surface area (Å²) in [6, 6.07) is 9.11. The Labute approximate surface area is 89.3 Å². The summed E-state index contributed by atoms with van der Waals surface area (Å²) >= 11 is 0. The van der Waals surface area contributed by atoms with Crippen molar-refractivity contribution < 1.29 is 9.59 Å². The SMILES string of the molecule is CCC(=O)C1(C(=O)c2ccccc2)CC1. The van der Waals surface area contributed by atoms with E-state index in [4.69, 9.17) is 0 Å². The summed E-state index contributed by atoms with van der Waals surface area (Å²) in [4.78, 5) is 23.8. The van der Waals surface area contributed by atoms with E-state index >= 15 is 0 Å². The third kappa shape index (κ3) is 1.60. The Balaban J connectivity index is 2.26. The molecular formula is C13H14O2. The molecule has 0 atom stereocenters. The summed E-state index contributed by atoms with van der Waals surface area (Å²) in [5, 5.41) is 0. The quantitative estimate of drug-likeness (QED) is 0.555. The summed E-state index contributed by atoms with van der Waals surface area (Å²) < 4.78 is 0. The zero-order chi connectivity index (χ0) is 10.9. The van der Waals surface area contributed by atoms with Gasteiger partial charge in [0.05, 0.1) is 5.41 Å². The molecule has 2 rings (SSSR count). The molecule has 0 N–H and O–H groups in total. The van der Waals surface area contributed by atoms with Gasteiger partial charge in [-0.25, -0.2) is 0 Å². The van der Waals surface area contributed by atoms with Gasteiger partial charge in [0.2, 0.25) is 0 Å². The van der Waals surface area contributed by atoms with Crippen molar-refractivity contribution in [3.8, 4) is 0 Å². The van der Waals surface area contributed by atoms with Gasteiger partial charge in [0.25, 0.3) is 0 Å². The van der Waals surface area contributed by atoms with Crippen LogP contribution >= 0.6 is 0 Å². The van der Waals surface area contributed by atoms with Crippen molar-refractivity contribution in [1.29, 1.82) is 0 Å². The standard InChI is InChI=1S/C13H14O2/c1-2-11(14)13(8-9-13)12(15)10-6-4-3-5-7-10/h3-7H,2,8-9H2,1H3. The van der Waals surface area contributed by atoms with Crippen molar-refractivity contribution in [2.45, 2.75) is 26.2 Å².